The second-order valence-electron chi connectivity index (χ2n) is 8.98. The molecule has 0 saturated heterocycles. The minimum Gasteiger partial charge on any atom is -0.466 e. The topological polar surface area (TPSA) is 121 Å². The standard InChI is InChI=1S/C27H33N3O6S/c1-17-16-37-22(28-17)14-8-6-5-7-11-15-36-27(32)24-19(3)29-18(2)23(26(31)35-4)25(24)20-12-9-10-13-21(20)30(33)34/h9-10,12-13,16,25,29H,5-8,11,14-15H2,1-4H3. The van der Waals surface area contributed by atoms with Gasteiger partial charge in [-0.25, -0.2) is 14.6 Å². The van der Waals surface area contributed by atoms with Crippen LogP contribution >= 0.6 is 11.3 Å². The summed E-state index contributed by atoms with van der Waals surface area (Å²) in [5, 5.41) is 18.1. The first-order valence-electron chi connectivity index (χ1n) is 12.3. The summed E-state index contributed by atoms with van der Waals surface area (Å²) in [4.78, 5) is 41.7. The normalized spacial score (nSPS) is 15.4. The Morgan fingerprint density at radius 2 is 1.68 bits per heavy atom. The Labute approximate surface area is 220 Å². The minimum absolute atomic E-state index is 0.143. The number of aryl methyl sites for hydroxylation is 2. The lowest BCUT2D eigenvalue weighted by atomic mass is 9.79. The van der Waals surface area contributed by atoms with Crippen LogP contribution in [0.5, 0.6) is 0 Å². The molecule has 0 amide bonds. The highest BCUT2D eigenvalue weighted by Crippen LogP contribution is 2.42. The third kappa shape index (κ3) is 7.03. The number of aromatic nitrogens is 1. The summed E-state index contributed by atoms with van der Waals surface area (Å²) in [5.74, 6) is -2.27. The molecule has 37 heavy (non-hydrogen) atoms. The zero-order chi connectivity index (χ0) is 26.9. The van der Waals surface area contributed by atoms with E-state index in [4.69, 9.17) is 9.47 Å². The molecule has 1 aliphatic heterocycles. The Morgan fingerprint density at radius 1 is 1.03 bits per heavy atom. The van der Waals surface area contributed by atoms with E-state index in [0.717, 1.165) is 37.8 Å². The van der Waals surface area contributed by atoms with Crippen molar-refractivity contribution < 1.29 is 24.0 Å². The Morgan fingerprint density at radius 3 is 2.32 bits per heavy atom. The van der Waals surface area contributed by atoms with Crippen LogP contribution in [0.2, 0.25) is 0 Å². The molecule has 1 atom stereocenters. The zero-order valence-electron chi connectivity index (χ0n) is 21.7. The van der Waals surface area contributed by atoms with Crippen molar-refractivity contribution in [2.75, 3.05) is 13.7 Å². The summed E-state index contributed by atoms with van der Waals surface area (Å²) >= 11 is 1.70. The molecule has 0 bridgehead atoms. The van der Waals surface area contributed by atoms with Crippen molar-refractivity contribution in [3.63, 3.8) is 0 Å². The van der Waals surface area contributed by atoms with Crippen molar-refractivity contribution in [2.45, 2.75) is 65.2 Å². The average molecular weight is 528 g/mol. The molecular formula is C27H33N3O6S. The number of carbonyl (C=O) groups is 2. The fourth-order valence-electron chi connectivity index (χ4n) is 4.52. The maximum Gasteiger partial charge on any atom is 0.336 e. The van der Waals surface area contributed by atoms with E-state index in [1.54, 1.807) is 43.4 Å². The Balaban J connectivity index is 1.65. The lowest BCUT2D eigenvalue weighted by Crippen LogP contribution is -2.32. The molecule has 1 aromatic heterocycles. The van der Waals surface area contributed by atoms with E-state index in [2.05, 4.69) is 15.7 Å². The quantitative estimate of drug-likeness (QED) is 0.166. The SMILES string of the molecule is COC(=O)C1=C(C)NC(C)=C(C(=O)OCCCCCCCc2nc(C)cs2)C1c1ccccc1[N+](=O)[O-]. The van der Waals surface area contributed by atoms with Gasteiger partial charge in [0.1, 0.15) is 0 Å². The highest BCUT2D eigenvalue weighted by molar-refractivity contribution is 7.09. The molecule has 1 N–H and O–H groups in total. The number of carbonyl (C=O) groups excluding carboxylic acids is 2. The number of nitro benzene ring substituents is 1. The van der Waals surface area contributed by atoms with Gasteiger partial charge in [0.15, 0.2) is 0 Å². The lowest BCUT2D eigenvalue weighted by Gasteiger charge is -2.30. The average Bonchev–Trinajstić information content (AvgIpc) is 3.29. The number of para-hydroxylation sites is 1. The fourth-order valence-corrected chi connectivity index (χ4v) is 5.34. The molecule has 0 aliphatic carbocycles. The summed E-state index contributed by atoms with van der Waals surface area (Å²) in [5.41, 5.74) is 2.37. The van der Waals surface area contributed by atoms with Gasteiger partial charge in [0.25, 0.3) is 5.69 Å². The molecule has 0 spiro atoms. The van der Waals surface area contributed by atoms with Gasteiger partial charge < -0.3 is 14.8 Å². The number of hydrogen-bond acceptors (Lipinski definition) is 9. The van der Waals surface area contributed by atoms with E-state index in [1.807, 2.05) is 6.92 Å². The van der Waals surface area contributed by atoms with Gasteiger partial charge in [-0.05, 0) is 40.0 Å². The minimum atomic E-state index is -0.989. The zero-order valence-corrected chi connectivity index (χ0v) is 22.5. The number of methoxy groups -OCH3 is 1. The van der Waals surface area contributed by atoms with Gasteiger partial charge in [0.2, 0.25) is 0 Å². The summed E-state index contributed by atoms with van der Waals surface area (Å²) in [6, 6.07) is 6.10. The van der Waals surface area contributed by atoms with Crippen LogP contribution in [0.15, 0.2) is 52.2 Å². The third-order valence-corrected chi connectivity index (χ3v) is 7.29. The van der Waals surface area contributed by atoms with Gasteiger partial charge in [-0.15, -0.1) is 11.3 Å². The van der Waals surface area contributed by atoms with Gasteiger partial charge in [0.05, 0.1) is 40.7 Å². The highest BCUT2D eigenvalue weighted by atomic mass is 32.1. The van der Waals surface area contributed by atoms with Crippen molar-refractivity contribution in [2.24, 2.45) is 0 Å². The lowest BCUT2D eigenvalue weighted by molar-refractivity contribution is -0.385. The maximum atomic E-state index is 13.3. The van der Waals surface area contributed by atoms with Crippen molar-refractivity contribution in [3.05, 3.63) is 78.6 Å². The molecule has 1 aromatic carbocycles. The number of thiazole rings is 1. The van der Waals surface area contributed by atoms with Crippen LogP contribution in [0.4, 0.5) is 5.69 Å². The molecule has 10 heteroatoms. The first-order chi connectivity index (χ1) is 17.7. The van der Waals surface area contributed by atoms with Crippen LogP contribution in [-0.4, -0.2) is 35.6 Å². The number of esters is 2. The van der Waals surface area contributed by atoms with Crippen molar-refractivity contribution in [1.29, 1.82) is 0 Å². The van der Waals surface area contributed by atoms with Gasteiger partial charge in [-0.1, -0.05) is 37.5 Å². The molecule has 0 fully saturated rings. The second-order valence-corrected chi connectivity index (χ2v) is 9.92. The number of dihydropyridines is 1. The van der Waals surface area contributed by atoms with Crippen molar-refractivity contribution in [1.82, 2.24) is 10.3 Å². The molecule has 1 aliphatic rings. The number of hydrogen-bond donors (Lipinski definition) is 1. The number of rotatable bonds is 12. The number of ether oxygens (including phenoxy) is 2. The first-order valence-corrected chi connectivity index (χ1v) is 13.2. The maximum absolute atomic E-state index is 13.3. The van der Waals surface area contributed by atoms with E-state index in [-0.39, 0.29) is 29.0 Å². The van der Waals surface area contributed by atoms with Crippen molar-refractivity contribution in [3.8, 4) is 0 Å². The van der Waals surface area contributed by atoms with Gasteiger partial charge in [-0.2, -0.15) is 0 Å². The van der Waals surface area contributed by atoms with E-state index in [9.17, 15) is 19.7 Å². The van der Waals surface area contributed by atoms with E-state index >= 15 is 0 Å². The summed E-state index contributed by atoms with van der Waals surface area (Å²) in [6.07, 6.45) is 5.78. The fraction of sp³-hybridized carbons (Fsp3) is 0.444. The largest absolute Gasteiger partial charge is 0.466 e. The molecular weight excluding hydrogens is 494 g/mol. The molecule has 9 nitrogen and oxygen atoms in total. The van der Waals surface area contributed by atoms with Crippen LogP contribution in [0, 0.1) is 17.0 Å². The predicted octanol–water partition coefficient (Wildman–Crippen LogP) is 5.50. The van der Waals surface area contributed by atoms with E-state index in [0.29, 0.717) is 17.8 Å². The predicted molar refractivity (Wildman–Crippen MR) is 141 cm³/mol. The van der Waals surface area contributed by atoms with Gasteiger partial charge in [0, 0.05) is 34.1 Å². The number of allylic oxidation sites excluding steroid dienone is 2. The van der Waals surface area contributed by atoms with Gasteiger partial charge in [-0.3, -0.25) is 10.1 Å². The molecule has 2 heterocycles. The number of nitrogens with zero attached hydrogens (tertiary/aromatic N) is 2. The number of benzene rings is 1. The summed E-state index contributed by atoms with van der Waals surface area (Å²) in [6.45, 7) is 5.59. The van der Waals surface area contributed by atoms with Crippen molar-refractivity contribution >= 4 is 29.0 Å². The van der Waals surface area contributed by atoms with Crippen LogP contribution < -0.4 is 5.32 Å². The third-order valence-electron chi connectivity index (χ3n) is 6.26. The van der Waals surface area contributed by atoms with Crippen LogP contribution in [0.25, 0.3) is 0 Å². The number of nitro groups is 1. The van der Waals surface area contributed by atoms with Crippen LogP contribution in [0.1, 0.15) is 68.1 Å². The molecule has 2 aromatic rings. The number of nitrogens with one attached hydrogen (secondary N) is 1. The van der Waals surface area contributed by atoms with E-state index < -0.39 is 22.8 Å². The first kappa shape index (κ1) is 28.0. The summed E-state index contributed by atoms with van der Waals surface area (Å²) in [7, 11) is 1.24. The second kappa shape index (κ2) is 13.1. The molecule has 1 unspecified atom stereocenters. The number of unbranched alkanes of at least 4 members (excludes halogenated alkanes) is 4. The Hall–Kier alpha value is -3.53. The highest BCUT2D eigenvalue weighted by Gasteiger charge is 2.40. The van der Waals surface area contributed by atoms with Gasteiger partial charge >= 0.3 is 11.9 Å². The smallest absolute Gasteiger partial charge is 0.336 e. The van der Waals surface area contributed by atoms with Crippen LogP contribution in [0.3, 0.4) is 0 Å². The van der Waals surface area contributed by atoms with E-state index in [1.165, 1.54) is 18.2 Å². The van der Waals surface area contributed by atoms with Crippen LogP contribution in [-0.2, 0) is 25.5 Å². The molecule has 0 saturated carbocycles. The molecule has 3 rings (SSSR count). The summed E-state index contributed by atoms with van der Waals surface area (Å²) < 4.78 is 10.6. The Kier molecular flexibility index (Phi) is 9.96. The monoisotopic (exact) mass is 527 g/mol. The molecule has 0 radical (unpaired) electrons. The Bertz CT molecular complexity index is 1220. The molecule has 198 valence electrons.